The fraction of sp³-hybridized carbons (Fsp3) is 0.333. The molecule has 1 aliphatic rings. The summed E-state index contributed by atoms with van der Waals surface area (Å²) in [6.07, 6.45) is 3.10. The van der Waals surface area contributed by atoms with E-state index in [1.54, 1.807) is 23.4 Å². The number of amides is 2. The average Bonchev–Trinajstić information content (AvgIpc) is 2.80. The molecule has 0 bridgehead atoms. The molecule has 31 heavy (non-hydrogen) atoms. The lowest BCUT2D eigenvalue weighted by molar-refractivity contribution is -0.134. The van der Waals surface area contributed by atoms with E-state index in [9.17, 15) is 36.6 Å². The maximum absolute atomic E-state index is 13.8. The Kier molecular flexibility index (Phi) is 6.63. The summed E-state index contributed by atoms with van der Waals surface area (Å²) in [6, 6.07) is -0.00973. The second kappa shape index (κ2) is 9.20. The fourth-order valence-electron chi connectivity index (χ4n) is 3.02. The molecule has 1 aromatic heterocycles. The van der Waals surface area contributed by atoms with Crippen LogP contribution < -0.4 is 10.2 Å². The van der Waals surface area contributed by atoms with Gasteiger partial charge in [0.1, 0.15) is 11.6 Å². The molecule has 0 aliphatic carbocycles. The van der Waals surface area contributed by atoms with E-state index in [4.69, 9.17) is 0 Å². The van der Waals surface area contributed by atoms with E-state index in [-0.39, 0.29) is 13.1 Å². The van der Waals surface area contributed by atoms with Gasteiger partial charge in [-0.1, -0.05) is 0 Å². The van der Waals surface area contributed by atoms with E-state index in [2.05, 4.69) is 9.97 Å². The van der Waals surface area contributed by atoms with E-state index >= 15 is 0 Å². The van der Waals surface area contributed by atoms with Crippen LogP contribution in [-0.4, -0.2) is 70.6 Å². The summed E-state index contributed by atoms with van der Waals surface area (Å²) in [5.41, 5.74) is -1.74. The molecule has 1 atom stereocenters. The van der Waals surface area contributed by atoms with Crippen molar-refractivity contribution in [2.45, 2.75) is 6.04 Å². The molecule has 1 saturated heterocycles. The molecule has 166 valence electrons. The monoisotopic (exact) mass is 445 g/mol. The van der Waals surface area contributed by atoms with Crippen molar-refractivity contribution in [1.82, 2.24) is 20.2 Å². The number of halogens is 5. The van der Waals surface area contributed by atoms with Crippen molar-refractivity contribution in [3.63, 3.8) is 0 Å². The van der Waals surface area contributed by atoms with Crippen LogP contribution in [-0.2, 0) is 4.79 Å². The molecular weight excluding hydrogens is 429 g/mol. The molecule has 1 fully saturated rings. The van der Waals surface area contributed by atoms with Crippen LogP contribution in [0.4, 0.5) is 27.9 Å². The Morgan fingerprint density at radius 3 is 1.97 bits per heavy atom. The third-order valence-electron chi connectivity index (χ3n) is 4.65. The van der Waals surface area contributed by atoms with Crippen molar-refractivity contribution < 1.29 is 36.6 Å². The zero-order valence-corrected chi connectivity index (χ0v) is 15.8. The van der Waals surface area contributed by atoms with Gasteiger partial charge in [0.15, 0.2) is 23.3 Å². The van der Waals surface area contributed by atoms with E-state index in [1.165, 1.54) is 4.90 Å². The second-order valence-corrected chi connectivity index (χ2v) is 6.51. The molecule has 0 unspecified atom stereocenters. The highest BCUT2D eigenvalue weighted by atomic mass is 19.2. The van der Waals surface area contributed by atoms with Crippen molar-refractivity contribution in [1.29, 1.82) is 0 Å². The minimum atomic E-state index is -2.42. The number of aliphatic hydroxyl groups excluding tert-OH is 1. The zero-order valence-electron chi connectivity index (χ0n) is 15.8. The molecule has 1 aromatic carbocycles. The van der Waals surface area contributed by atoms with E-state index < -0.39 is 59.1 Å². The molecule has 2 N–H and O–H groups in total. The number of aliphatic hydroxyl groups is 1. The van der Waals surface area contributed by atoms with Gasteiger partial charge >= 0.3 is 0 Å². The number of nitrogens with one attached hydrogen (secondary N) is 1. The Balaban J connectivity index is 1.69. The first-order valence-electron chi connectivity index (χ1n) is 9.00. The molecule has 2 aromatic rings. The molecule has 0 radical (unpaired) electrons. The van der Waals surface area contributed by atoms with Crippen LogP contribution in [0.3, 0.4) is 0 Å². The minimum absolute atomic E-state index is 0.159. The highest BCUT2D eigenvalue weighted by Crippen LogP contribution is 2.23. The highest BCUT2D eigenvalue weighted by Gasteiger charge is 2.33. The Morgan fingerprint density at radius 1 is 0.935 bits per heavy atom. The number of anilines is 1. The Bertz CT molecular complexity index is 957. The van der Waals surface area contributed by atoms with Crippen LogP contribution >= 0.6 is 0 Å². The lowest BCUT2D eigenvalue weighted by atomic mass is 10.1. The van der Waals surface area contributed by atoms with Gasteiger partial charge in [-0.05, 0) is 6.07 Å². The number of benzene rings is 1. The normalized spacial score (nSPS) is 15.0. The summed E-state index contributed by atoms with van der Waals surface area (Å²) < 4.78 is 67.4. The maximum Gasteiger partial charge on any atom is 0.258 e. The number of hydrogen-bond donors (Lipinski definition) is 2. The van der Waals surface area contributed by atoms with Gasteiger partial charge < -0.3 is 20.2 Å². The van der Waals surface area contributed by atoms with Crippen LogP contribution in [0.1, 0.15) is 10.4 Å². The fourth-order valence-corrected chi connectivity index (χ4v) is 3.02. The quantitative estimate of drug-likeness (QED) is 0.398. The molecule has 0 saturated carbocycles. The first kappa shape index (κ1) is 22.3. The van der Waals surface area contributed by atoms with Gasteiger partial charge in [0.05, 0.1) is 6.61 Å². The largest absolute Gasteiger partial charge is 0.394 e. The van der Waals surface area contributed by atoms with Gasteiger partial charge in [0.2, 0.25) is 17.7 Å². The zero-order chi connectivity index (χ0) is 22.7. The van der Waals surface area contributed by atoms with Crippen LogP contribution in [0.2, 0.25) is 0 Å². The van der Waals surface area contributed by atoms with Crippen molar-refractivity contribution >= 4 is 17.8 Å². The van der Waals surface area contributed by atoms with Crippen molar-refractivity contribution in [3.8, 4) is 0 Å². The van der Waals surface area contributed by atoms with Gasteiger partial charge in [-0.3, -0.25) is 9.59 Å². The Labute approximate surface area is 172 Å². The van der Waals surface area contributed by atoms with Gasteiger partial charge in [0.25, 0.3) is 5.91 Å². The third-order valence-corrected chi connectivity index (χ3v) is 4.65. The number of aromatic nitrogens is 2. The van der Waals surface area contributed by atoms with E-state index in [1.807, 2.05) is 5.32 Å². The van der Waals surface area contributed by atoms with Crippen molar-refractivity contribution in [2.75, 3.05) is 37.7 Å². The minimum Gasteiger partial charge on any atom is -0.394 e. The number of nitrogens with zero attached hydrogens (tertiary/aromatic N) is 4. The standard InChI is InChI=1S/C18H16F5N5O3/c19-11-10(12(20)14(22)15(23)13(11)21)16(30)26-9(8-29)17(31)27-4-6-28(7-5-27)18-24-2-1-3-25-18/h1-3,9,29H,4-8H2,(H,26,30)/t9-/m0/s1. The maximum atomic E-state index is 13.8. The second-order valence-electron chi connectivity index (χ2n) is 6.51. The summed E-state index contributed by atoms with van der Waals surface area (Å²) in [5, 5.41) is 11.3. The molecule has 3 rings (SSSR count). The smallest absolute Gasteiger partial charge is 0.258 e. The molecule has 1 aliphatic heterocycles. The number of hydrogen-bond acceptors (Lipinski definition) is 6. The third kappa shape index (κ3) is 4.40. The first-order valence-corrected chi connectivity index (χ1v) is 9.00. The lowest BCUT2D eigenvalue weighted by Gasteiger charge is -2.36. The molecule has 8 nitrogen and oxygen atoms in total. The number of piperazine rings is 1. The van der Waals surface area contributed by atoms with Crippen LogP contribution in [0.25, 0.3) is 0 Å². The van der Waals surface area contributed by atoms with E-state index in [0.717, 1.165) is 0 Å². The van der Waals surface area contributed by atoms with Gasteiger partial charge in [-0.2, -0.15) is 0 Å². The predicted octanol–water partition coefficient (Wildman–Crippen LogP) is 0.612. The van der Waals surface area contributed by atoms with Crippen molar-refractivity contribution in [3.05, 3.63) is 53.1 Å². The number of carbonyl (C=O) groups is 2. The Morgan fingerprint density at radius 2 is 1.45 bits per heavy atom. The summed E-state index contributed by atoms with van der Waals surface area (Å²) in [6.45, 7) is 0.0267. The summed E-state index contributed by atoms with van der Waals surface area (Å²) in [7, 11) is 0. The lowest BCUT2D eigenvalue weighted by Crippen LogP contribution is -2.56. The van der Waals surface area contributed by atoms with Crippen LogP contribution in [0.5, 0.6) is 0 Å². The van der Waals surface area contributed by atoms with E-state index in [0.29, 0.717) is 19.0 Å². The summed E-state index contributed by atoms with van der Waals surface area (Å²) in [5.74, 6) is -13.7. The molecule has 13 heteroatoms. The first-order chi connectivity index (χ1) is 14.8. The van der Waals surface area contributed by atoms with Crippen LogP contribution in [0, 0.1) is 29.1 Å². The molecule has 0 spiro atoms. The SMILES string of the molecule is O=C(N[C@@H](CO)C(=O)N1CCN(c2ncccn2)CC1)c1c(F)c(F)c(F)c(F)c1F. The Hall–Kier alpha value is -3.35. The molecule has 2 heterocycles. The summed E-state index contributed by atoms with van der Waals surface area (Å²) in [4.78, 5) is 36.0. The predicted molar refractivity (Wildman–Crippen MR) is 95.4 cm³/mol. The summed E-state index contributed by atoms with van der Waals surface area (Å²) >= 11 is 0. The van der Waals surface area contributed by atoms with Crippen LogP contribution in [0.15, 0.2) is 18.5 Å². The van der Waals surface area contributed by atoms with Gasteiger partial charge in [-0.25, -0.2) is 31.9 Å². The van der Waals surface area contributed by atoms with Gasteiger partial charge in [-0.15, -0.1) is 0 Å². The van der Waals surface area contributed by atoms with Crippen molar-refractivity contribution in [2.24, 2.45) is 0 Å². The molecule has 2 amide bonds. The van der Waals surface area contributed by atoms with Gasteiger partial charge in [0, 0.05) is 38.6 Å². The number of rotatable bonds is 5. The number of carbonyl (C=O) groups excluding carboxylic acids is 2. The average molecular weight is 445 g/mol. The molecular formula is C18H16F5N5O3. The highest BCUT2D eigenvalue weighted by molar-refractivity contribution is 5.98. The topological polar surface area (TPSA) is 98.7 Å².